The van der Waals surface area contributed by atoms with Gasteiger partial charge in [-0.15, -0.1) is 5.10 Å². The Hall–Kier alpha value is -4.36. The number of pyridine rings is 1. The third-order valence-electron chi connectivity index (χ3n) is 7.39. The summed E-state index contributed by atoms with van der Waals surface area (Å²) in [7, 11) is 0. The molecule has 0 saturated heterocycles. The molecule has 1 amide bonds. The van der Waals surface area contributed by atoms with Crippen LogP contribution in [-0.4, -0.2) is 58.7 Å². The van der Waals surface area contributed by atoms with Gasteiger partial charge in [-0.25, -0.2) is 24.7 Å². The molecule has 6 N–H and O–H groups in total. The Labute approximate surface area is 241 Å². The van der Waals surface area contributed by atoms with Gasteiger partial charge in [-0.3, -0.25) is 13.9 Å². The number of amidine groups is 1. The van der Waals surface area contributed by atoms with E-state index in [2.05, 4.69) is 20.5 Å². The molecule has 222 valence electrons. The first-order valence-electron chi connectivity index (χ1n) is 13.5. The molecular formula is C29H35F2N9O2. The van der Waals surface area contributed by atoms with E-state index in [-0.39, 0.29) is 18.7 Å². The number of fused-ring (bicyclic) bond motifs is 1. The molecule has 0 atom stereocenters. The Balaban J connectivity index is 1.40. The van der Waals surface area contributed by atoms with Gasteiger partial charge < -0.3 is 16.2 Å². The van der Waals surface area contributed by atoms with E-state index in [0.717, 1.165) is 33.2 Å². The lowest BCUT2D eigenvalue weighted by Crippen LogP contribution is -2.52. The number of carbonyl (C=O) groups is 1. The van der Waals surface area contributed by atoms with E-state index < -0.39 is 23.5 Å². The zero-order chi connectivity index (χ0) is 30.6. The van der Waals surface area contributed by atoms with Gasteiger partial charge in [-0.2, -0.15) is 5.10 Å². The van der Waals surface area contributed by atoms with Crippen molar-refractivity contribution < 1.29 is 18.7 Å². The largest absolute Gasteiger partial charge is 0.389 e. The van der Waals surface area contributed by atoms with Gasteiger partial charge in [0.2, 0.25) is 0 Å². The van der Waals surface area contributed by atoms with E-state index in [1.807, 2.05) is 39.1 Å². The second kappa shape index (κ2) is 10.5. The number of benzene rings is 1. The zero-order valence-electron chi connectivity index (χ0n) is 24.2. The molecule has 42 heavy (non-hydrogen) atoms. The molecule has 0 unspecified atom stereocenters. The van der Waals surface area contributed by atoms with Crippen molar-refractivity contribution in [2.45, 2.75) is 71.6 Å². The molecule has 5 rings (SSSR count). The number of amides is 1. The van der Waals surface area contributed by atoms with Crippen LogP contribution in [0.15, 0.2) is 47.8 Å². The molecule has 13 heteroatoms. The fourth-order valence-corrected chi connectivity index (χ4v) is 5.11. The zero-order valence-corrected chi connectivity index (χ0v) is 24.2. The third-order valence-corrected chi connectivity index (χ3v) is 7.39. The molecule has 4 aromatic rings. The van der Waals surface area contributed by atoms with Gasteiger partial charge in [0.15, 0.2) is 5.84 Å². The number of carbonyl (C=O) groups excluding carboxylic acids is 1. The first kappa shape index (κ1) is 29.1. The number of hydrazone groups is 1. The molecule has 1 saturated carbocycles. The highest BCUT2D eigenvalue weighted by Crippen LogP contribution is 2.39. The van der Waals surface area contributed by atoms with Crippen LogP contribution in [0.1, 0.15) is 59.7 Å². The summed E-state index contributed by atoms with van der Waals surface area (Å²) in [5.41, 5.74) is 11.3. The summed E-state index contributed by atoms with van der Waals surface area (Å²) < 4.78 is 29.9. The molecule has 1 fully saturated rings. The monoisotopic (exact) mass is 579 g/mol. The Kier molecular flexibility index (Phi) is 7.27. The highest BCUT2D eigenvalue weighted by Gasteiger charge is 2.47. The number of halogens is 2. The molecule has 0 bridgehead atoms. The predicted molar refractivity (Wildman–Crippen MR) is 156 cm³/mol. The molecule has 1 aliphatic carbocycles. The van der Waals surface area contributed by atoms with E-state index >= 15 is 0 Å². The Morgan fingerprint density at radius 3 is 2.62 bits per heavy atom. The van der Waals surface area contributed by atoms with Crippen molar-refractivity contribution in [3.05, 3.63) is 70.9 Å². The van der Waals surface area contributed by atoms with Crippen molar-refractivity contribution in [1.29, 1.82) is 0 Å². The number of nitrogens with one attached hydrogen (secondary N) is 1. The number of rotatable bonds is 8. The highest BCUT2D eigenvalue weighted by molar-refractivity contribution is 6.05. The van der Waals surface area contributed by atoms with Crippen molar-refractivity contribution in [3.63, 3.8) is 0 Å². The van der Waals surface area contributed by atoms with Gasteiger partial charge >= 0.3 is 0 Å². The van der Waals surface area contributed by atoms with Crippen LogP contribution in [0.2, 0.25) is 0 Å². The standard InChI is InChI=1S/C29H35F2N9O2/c1-16-6-7-19(26(32)37-40(33)21-11-29(30,31)12-21)10-22(16)35-27(41)23-13-34-24-9-8-20(14-38(23)24)25-17(2)36-39(18(25)3)15-28(4,5)42/h6-10,13-14,21,42H,11-12,15,33H2,1-5H3,(H2,32,37)(H,35,41). The number of imidazole rings is 1. The van der Waals surface area contributed by atoms with Crippen LogP contribution in [0.4, 0.5) is 14.5 Å². The molecular weight excluding hydrogens is 544 g/mol. The highest BCUT2D eigenvalue weighted by atomic mass is 19.3. The van der Waals surface area contributed by atoms with Crippen molar-refractivity contribution in [2.75, 3.05) is 5.32 Å². The number of alkyl halides is 2. The average molecular weight is 580 g/mol. The van der Waals surface area contributed by atoms with Crippen molar-refractivity contribution in [1.82, 2.24) is 24.3 Å². The lowest BCUT2D eigenvalue weighted by atomic mass is 9.88. The molecule has 0 radical (unpaired) electrons. The number of hydrogen-bond donors (Lipinski definition) is 4. The summed E-state index contributed by atoms with van der Waals surface area (Å²) in [6, 6.07) is 8.32. The van der Waals surface area contributed by atoms with Gasteiger partial charge in [0.05, 0.1) is 30.1 Å². The molecule has 0 spiro atoms. The summed E-state index contributed by atoms with van der Waals surface area (Å²) in [4.78, 5) is 17.9. The van der Waals surface area contributed by atoms with Crippen LogP contribution in [-0.2, 0) is 6.54 Å². The maximum atomic E-state index is 13.5. The lowest BCUT2D eigenvalue weighted by molar-refractivity contribution is -0.124. The summed E-state index contributed by atoms with van der Waals surface area (Å²) in [6.45, 7) is 9.50. The number of aliphatic hydroxyl groups is 1. The third kappa shape index (κ3) is 5.83. The van der Waals surface area contributed by atoms with Crippen LogP contribution in [0, 0.1) is 20.8 Å². The quantitative estimate of drug-likeness (QED) is 0.107. The van der Waals surface area contributed by atoms with Crippen LogP contribution >= 0.6 is 0 Å². The first-order valence-corrected chi connectivity index (χ1v) is 13.5. The Bertz CT molecular complexity index is 1690. The van der Waals surface area contributed by atoms with E-state index in [0.29, 0.717) is 29.1 Å². The first-order chi connectivity index (χ1) is 19.6. The maximum Gasteiger partial charge on any atom is 0.274 e. The lowest BCUT2D eigenvalue weighted by Gasteiger charge is -2.38. The van der Waals surface area contributed by atoms with Gasteiger partial charge in [-0.05, 0) is 58.4 Å². The molecule has 3 heterocycles. The Morgan fingerprint density at radius 1 is 1.24 bits per heavy atom. The van der Waals surface area contributed by atoms with Crippen LogP contribution in [0.25, 0.3) is 16.8 Å². The second-order valence-corrected chi connectivity index (χ2v) is 11.6. The summed E-state index contributed by atoms with van der Waals surface area (Å²) in [5, 5.41) is 22.9. The summed E-state index contributed by atoms with van der Waals surface area (Å²) >= 11 is 0. The van der Waals surface area contributed by atoms with Gasteiger partial charge in [0, 0.05) is 47.1 Å². The van der Waals surface area contributed by atoms with Gasteiger partial charge in [-0.1, -0.05) is 12.1 Å². The average Bonchev–Trinajstić information content (AvgIpc) is 3.42. The fourth-order valence-electron chi connectivity index (χ4n) is 5.11. The molecule has 3 aromatic heterocycles. The number of nitrogens with two attached hydrogens (primary N) is 2. The molecule has 0 aliphatic heterocycles. The minimum atomic E-state index is -2.73. The van der Waals surface area contributed by atoms with Crippen LogP contribution in [0.3, 0.4) is 0 Å². The van der Waals surface area contributed by atoms with Gasteiger partial charge in [0.1, 0.15) is 11.3 Å². The number of hydrazine groups is 1. The summed E-state index contributed by atoms with van der Waals surface area (Å²) in [5.74, 6) is 2.76. The van der Waals surface area contributed by atoms with E-state index in [9.17, 15) is 18.7 Å². The van der Waals surface area contributed by atoms with Crippen molar-refractivity contribution in [3.8, 4) is 11.1 Å². The minimum Gasteiger partial charge on any atom is -0.389 e. The predicted octanol–water partition coefficient (Wildman–Crippen LogP) is 3.74. The number of aryl methyl sites for hydroxylation is 2. The number of anilines is 1. The fraction of sp³-hybridized carbons (Fsp3) is 0.379. The smallest absolute Gasteiger partial charge is 0.274 e. The topological polar surface area (TPSA) is 152 Å². The van der Waals surface area contributed by atoms with Crippen LogP contribution < -0.4 is 16.9 Å². The van der Waals surface area contributed by atoms with E-state index in [1.54, 1.807) is 41.1 Å². The summed E-state index contributed by atoms with van der Waals surface area (Å²) in [6.07, 6.45) is 2.59. The maximum absolute atomic E-state index is 13.5. The van der Waals surface area contributed by atoms with E-state index in [4.69, 9.17) is 11.6 Å². The number of aromatic nitrogens is 4. The minimum absolute atomic E-state index is 0.0403. The second-order valence-electron chi connectivity index (χ2n) is 11.6. The van der Waals surface area contributed by atoms with Crippen molar-refractivity contribution >= 4 is 23.1 Å². The van der Waals surface area contributed by atoms with Crippen LogP contribution in [0.5, 0.6) is 0 Å². The SMILES string of the molecule is Cc1ccc(/C(N)=N/N(N)C2CC(F)(F)C2)cc1NC(=O)c1cnc2ccc(-c3c(C)nn(CC(C)(C)O)c3C)cn12. The number of nitrogens with zero attached hydrogens (tertiary/aromatic N) is 6. The Morgan fingerprint density at radius 2 is 1.95 bits per heavy atom. The normalized spacial score (nSPS) is 15.6. The van der Waals surface area contributed by atoms with E-state index in [1.165, 1.54) is 6.20 Å². The molecule has 11 nitrogen and oxygen atoms in total. The van der Waals surface area contributed by atoms with Crippen molar-refractivity contribution in [2.24, 2.45) is 16.7 Å². The molecule has 1 aromatic carbocycles. The number of hydrogen-bond acceptors (Lipinski definition) is 7. The van der Waals surface area contributed by atoms with Gasteiger partial charge in [0.25, 0.3) is 11.8 Å². The molecule has 1 aliphatic rings.